The molecule has 3 heterocycles. The van der Waals surface area contributed by atoms with Gasteiger partial charge < -0.3 is 5.32 Å². The highest BCUT2D eigenvalue weighted by Crippen LogP contribution is 2.39. The van der Waals surface area contributed by atoms with Crippen LogP contribution < -0.4 is 5.32 Å². The molecular formula is C17H26N2. The minimum Gasteiger partial charge on any atom is -0.305 e. The number of hydrogen-bond donors (Lipinski definition) is 1. The number of hydrogen-bond acceptors (Lipinski definition) is 2. The lowest BCUT2D eigenvalue weighted by atomic mass is 9.71. The van der Waals surface area contributed by atoms with E-state index in [1.807, 2.05) is 0 Å². The SMILES string of the molecule is C[C@H](NC1C2CCN(CC2)C1(C)C)c1ccccc1. The normalized spacial score (nSPS) is 34.2. The molecule has 0 saturated carbocycles. The first-order chi connectivity index (χ1) is 9.09. The first-order valence-corrected chi connectivity index (χ1v) is 7.65. The van der Waals surface area contributed by atoms with Crippen molar-refractivity contribution in [3.05, 3.63) is 35.9 Å². The van der Waals surface area contributed by atoms with Crippen LogP contribution in [0.1, 0.15) is 45.2 Å². The van der Waals surface area contributed by atoms with Gasteiger partial charge in [0.1, 0.15) is 0 Å². The van der Waals surface area contributed by atoms with Crippen molar-refractivity contribution in [2.45, 2.75) is 51.2 Å². The second-order valence-corrected chi connectivity index (χ2v) is 6.75. The largest absolute Gasteiger partial charge is 0.305 e. The molecule has 0 radical (unpaired) electrons. The standard InChI is InChI=1S/C17H26N2/c1-13(14-7-5-4-6-8-14)18-16-15-9-11-19(12-10-15)17(16,2)3/h4-8,13,15-16,18H,9-12H2,1-3H3/t13-,16?/m0/s1. The Bertz CT molecular complexity index is 418. The second kappa shape index (κ2) is 4.92. The molecule has 1 aromatic rings. The average Bonchev–Trinajstić information content (AvgIpc) is 2.44. The summed E-state index contributed by atoms with van der Waals surface area (Å²) in [6, 6.07) is 11.9. The van der Waals surface area contributed by atoms with Crippen molar-refractivity contribution in [3.8, 4) is 0 Å². The molecule has 104 valence electrons. The van der Waals surface area contributed by atoms with Crippen LogP contribution in [-0.2, 0) is 0 Å². The Balaban J connectivity index is 1.75. The van der Waals surface area contributed by atoms with E-state index in [1.54, 1.807) is 0 Å². The minimum absolute atomic E-state index is 0.296. The van der Waals surface area contributed by atoms with Crippen LogP contribution in [-0.4, -0.2) is 29.6 Å². The van der Waals surface area contributed by atoms with Crippen LogP contribution in [0, 0.1) is 5.92 Å². The molecule has 2 atom stereocenters. The average molecular weight is 258 g/mol. The summed E-state index contributed by atoms with van der Waals surface area (Å²) < 4.78 is 0. The van der Waals surface area contributed by atoms with Crippen LogP contribution in [0.5, 0.6) is 0 Å². The Hall–Kier alpha value is -0.860. The van der Waals surface area contributed by atoms with Crippen molar-refractivity contribution in [2.24, 2.45) is 5.92 Å². The van der Waals surface area contributed by atoms with Gasteiger partial charge in [0.2, 0.25) is 0 Å². The maximum atomic E-state index is 3.92. The maximum Gasteiger partial charge on any atom is 0.0309 e. The Kier molecular flexibility index (Phi) is 3.40. The molecule has 1 aromatic carbocycles. The summed E-state index contributed by atoms with van der Waals surface area (Å²) in [4.78, 5) is 2.67. The molecule has 3 aliphatic rings. The molecule has 0 amide bonds. The topological polar surface area (TPSA) is 15.3 Å². The van der Waals surface area contributed by atoms with E-state index >= 15 is 0 Å². The van der Waals surface area contributed by atoms with Crippen LogP contribution in [0.25, 0.3) is 0 Å². The Morgan fingerprint density at radius 3 is 2.37 bits per heavy atom. The fourth-order valence-corrected chi connectivity index (χ4v) is 4.03. The zero-order valence-corrected chi connectivity index (χ0v) is 12.4. The molecule has 0 aliphatic carbocycles. The number of nitrogens with zero attached hydrogens (tertiary/aromatic N) is 1. The molecule has 3 fully saturated rings. The van der Waals surface area contributed by atoms with Crippen molar-refractivity contribution in [1.29, 1.82) is 0 Å². The summed E-state index contributed by atoms with van der Waals surface area (Å²) in [5.41, 5.74) is 1.69. The lowest BCUT2D eigenvalue weighted by Gasteiger charge is -2.57. The molecule has 3 aliphatic heterocycles. The van der Waals surface area contributed by atoms with Crippen LogP contribution in [0.15, 0.2) is 30.3 Å². The van der Waals surface area contributed by atoms with Gasteiger partial charge in [-0.05, 0) is 58.2 Å². The van der Waals surface area contributed by atoms with E-state index in [4.69, 9.17) is 0 Å². The van der Waals surface area contributed by atoms with Crippen LogP contribution in [0.4, 0.5) is 0 Å². The van der Waals surface area contributed by atoms with Gasteiger partial charge in [0.05, 0.1) is 0 Å². The first-order valence-electron chi connectivity index (χ1n) is 7.65. The number of piperidine rings is 3. The van der Waals surface area contributed by atoms with E-state index in [2.05, 4.69) is 61.3 Å². The van der Waals surface area contributed by atoms with Crippen molar-refractivity contribution in [3.63, 3.8) is 0 Å². The van der Waals surface area contributed by atoms with Gasteiger partial charge in [-0.15, -0.1) is 0 Å². The number of rotatable bonds is 3. The van der Waals surface area contributed by atoms with Gasteiger partial charge in [-0.1, -0.05) is 30.3 Å². The van der Waals surface area contributed by atoms with Crippen molar-refractivity contribution >= 4 is 0 Å². The number of benzene rings is 1. The zero-order chi connectivity index (χ0) is 13.5. The Labute approximate surface area is 117 Å². The van der Waals surface area contributed by atoms with Crippen LogP contribution in [0.2, 0.25) is 0 Å². The quantitative estimate of drug-likeness (QED) is 0.895. The predicted octanol–water partition coefficient (Wildman–Crippen LogP) is 3.21. The fraction of sp³-hybridized carbons (Fsp3) is 0.647. The highest BCUT2D eigenvalue weighted by atomic mass is 15.3. The number of nitrogens with one attached hydrogen (secondary N) is 1. The van der Waals surface area contributed by atoms with Gasteiger partial charge in [-0.2, -0.15) is 0 Å². The van der Waals surface area contributed by atoms with E-state index in [0.717, 1.165) is 5.92 Å². The summed E-state index contributed by atoms with van der Waals surface area (Å²) in [6.45, 7) is 9.69. The zero-order valence-electron chi connectivity index (χ0n) is 12.4. The molecule has 0 spiro atoms. The summed E-state index contributed by atoms with van der Waals surface area (Å²) in [6.07, 6.45) is 2.73. The maximum absolute atomic E-state index is 3.92. The third kappa shape index (κ3) is 2.32. The molecule has 2 heteroatoms. The van der Waals surface area contributed by atoms with E-state index in [-0.39, 0.29) is 0 Å². The van der Waals surface area contributed by atoms with E-state index < -0.39 is 0 Å². The minimum atomic E-state index is 0.296. The molecule has 2 nitrogen and oxygen atoms in total. The van der Waals surface area contributed by atoms with Crippen LogP contribution >= 0.6 is 0 Å². The van der Waals surface area contributed by atoms with Gasteiger partial charge in [0, 0.05) is 17.6 Å². The van der Waals surface area contributed by atoms with Crippen LogP contribution in [0.3, 0.4) is 0 Å². The monoisotopic (exact) mass is 258 g/mol. The lowest BCUT2D eigenvalue weighted by molar-refractivity contribution is -0.0438. The highest BCUT2D eigenvalue weighted by molar-refractivity contribution is 5.19. The van der Waals surface area contributed by atoms with Gasteiger partial charge >= 0.3 is 0 Å². The Morgan fingerprint density at radius 1 is 1.16 bits per heavy atom. The summed E-state index contributed by atoms with van der Waals surface area (Å²) in [7, 11) is 0. The van der Waals surface area contributed by atoms with E-state index in [1.165, 1.54) is 31.5 Å². The lowest BCUT2D eigenvalue weighted by Crippen LogP contribution is -2.68. The predicted molar refractivity (Wildman–Crippen MR) is 80.2 cm³/mol. The summed E-state index contributed by atoms with van der Waals surface area (Å²) in [5.74, 6) is 0.853. The molecule has 1 N–H and O–H groups in total. The fourth-order valence-electron chi connectivity index (χ4n) is 4.03. The van der Waals surface area contributed by atoms with E-state index in [9.17, 15) is 0 Å². The first kappa shape index (κ1) is 13.1. The van der Waals surface area contributed by atoms with Gasteiger partial charge in [-0.25, -0.2) is 0 Å². The van der Waals surface area contributed by atoms with Gasteiger partial charge in [0.25, 0.3) is 0 Å². The molecular weight excluding hydrogens is 232 g/mol. The third-order valence-corrected chi connectivity index (χ3v) is 5.32. The van der Waals surface area contributed by atoms with Crippen molar-refractivity contribution in [1.82, 2.24) is 10.2 Å². The third-order valence-electron chi connectivity index (χ3n) is 5.32. The van der Waals surface area contributed by atoms with Crippen molar-refractivity contribution < 1.29 is 0 Å². The second-order valence-electron chi connectivity index (χ2n) is 6.75. The molecule has 4 rings (SSSR count). The van der Waals surface area contributed by atoms with Gasteiger partial charge in [-0.3, -0.25) is 4.90 Å². The molecule has 19 heavy (non-hydrogen) atoms. The molecule has 3 saturated heterocycles. The van der Waals surface area contributed by atoms with Gasteiger partial charge in [0.15, 0.2) is 0 Å². The number of fused-ring (bicyclic) bond motifs is 3. The molecule has 1 unspecified atom stereocenters. The Morgan fingerprint density at radius 2 is 1.79 bits per heavy atom. The summed E-state index contributed by atoms with van der Waals surface area (Å²) >= 11 is 0. The van der Waals surface area contributed by atoms with E-state index in [0.29, 0.717) is 17.6 Å². The molecule has 0 aromatic heterocycles. The smallest absolute Gasteiger partial charge is 0.0309 e. The van der Waals surface area contributed by atoms with Crippen molar-refractivity contribution in [2.75, 3.05) is 13.1 Å². The summed E-state index contributed by atoms with van der Waals surface area (Å²) in [5, 5.41) is 3.92. The molecule has 2 bridgehead atoms. The highest BCUT2D eigenvalue weighted by Gasteiger charge is 2.47.